The van der Waals surface area contributed by atoms with Gasteiger partial charge in [-0.25, -0.2) is 0 Å². The zero-order valence-electron chi connectivity index (χ0n) is 17.6. The van der Waals surface area contributed by atoms with Crippen LogP contribution < -0.4 is 24.3 Å². The number of nitrogen functional groups attached to an aromatic ring is 1. The van der Waals surface area contributed by atoms with Gasteiger partial charge in [0.2, 0.25) is 5.91 Å². The van der Waals surface area contributed by atoms with Gasteiger partial charge in [0, 0.05) is 66.7 Å². The number of rotatable bonds is 1. The summed E-state index contributed by atoms with van der Waals surface area (Å²) in [5, 5.41) is 2.64. The van der Waals surface area contributed by atoms with Crippen molar-refractivity contribution >= 4 is 91.7 Å². The Hall–Kier alpha value is 0.480. The fourth-order valence-electron chi connectivity index (χ4n) is 1.52. The first-order chi connectivity index (χ1) is 14.5. The van der Waals surface area contributed by atoms with Gasteiger partial charge in [-0.15, -0.1) is 12.8 Å². The van der Waals surface area contributed by atoms with Crippen LogP contribution in [0.4, 0.5) is 11.4 Å². The number of nitrogens with two attached hydrogens (primary N) is 1. The van der Waals surface area contributed by atoms with Crippen molar-refractivity contribution < 1.29 is 18.0 Å². The molecule has 2 aromatic carbocycles. The summed E-state index contributed by atoms with van der Waals surface area (Å²) in [5.74, 6) is 4.88. The van der Waals surface area contributed by atoms with E-state index < -0.39 is 0 Å². The van der Waals surface area contributed by atoms with Gasteiger partial charge < -0.3 is 11.1 Å². The molecule has 0 unspecified atom stereocenters. The van der Waals surface area contributed by atoms with E-state index in [0.717, 1.165) is 16.8 Å². The van der Waals surface area contributed by atoms with Crippen LogP contribution in [0.15, 0.2) is 48.5 Å². The molecule has 3 N–H and O–H groups in total. The number of nitrogens with one attached hydrogen (secondary N) is 1. The monoisotopic (exact) mass is 971 g/mol. The van der Waals surface area contributed by atoms with Crippen molar-refractivity contribution in [2.45, 2.75) is 34.6 Å². The zero-order valence-corrected chi connectivity index (χ0v) is 28.4. The van der Waals surface area contributed by atoms with E-state index in [1.54, 1.807) is 30.3 Å². The van der Waals surface area contributed by atoms with E-state index in [0.29, 0.717) is 18.9 Å². The second-order valence-electron chi connectivity index (χ2n) is 4.23. The molecule has 0 atom stereocenters. The summed E-state index contributed by atoms with van der Waals surface area (Å²) in [6, 6.07) is 14.4. The van der Waals surface area contributed by atoms with Crippen LogP contribution in [-0.4, -0.2) is 5.91 Å². The first-order valence-corrected chi connectivity index (χ1v) is 27.5. The van der Waals surface area contributed by atoms with Crippen LogP contribution >= 0.6 is 74.5 Å². The van der Waals surface area contributed by atoms with Gasteiger partial charge in [0.1, 0.15) is 0 Å². The Morgan fingerprint density at radius 1 is 0.933 bits per heavy atom. The summed E-state index contributed by atoms with van der Waals surface area (Å²) >= 11 is 9.54. The minimum absolute atomic E-state index is 0.0934. The quantitative estimate of drug-likeness (QED) is 0.227. The molecule has 0 bridgehead atoms. The van der Waals surface area contributed by atoms with E-state index in [2.05, 4.69) is 91.6 Å². The number of carbonyl (C=O) groups excluding carboxylic acids is 1. The van der Waals surface area contributed by atoms with E-state index in [1.807, 2.05) is 45.9 Å². The van der Waals surface area contributed by atoms with Crippen molar-refractivity contribution in [3.05, 3.63) is 59.7 Å². The Kier molecular flexibility index (Phi) is 39.9. The van der Waals surface area contributed by atoms with Gasteiger partial charge in [-0.2, -0.15) is 0 Å². The molecule has 30 heavy (non-hydrogen) atoms. The van der Waals surface area contributed by atoms with Crippen molar-refractivity contribution in [3.63, 3.8) is 0 Å². The molecule has 0 aliphatic carbocycles. The van der Waals surface area contributed by atoms with Crippen molar-refractivity contribution in [2.24, 2.45) is 0 Å². The van der Waals surface area contributed by atoms with Gasteiger partial charge in [-0.1, -0.05) is 51.7 Å². The Labute approximate surface area is 236 Å². The van der Waals surface area contributed by atoms with Gasteiger partial charge in [-0.3, -0.25) is 4.79 Å². The molecule has 168 valence electrons. The molecule has 0 saturated heterocycles. The summed E-state index contributed by atoms with van der Waals surface area (Å²) in [4.78, 5) is 10.7. The second kappa shape index (κ2) is 31.7. The molecule has 1 amide bonds. The number of carbonyl (C=O) groups is 1. The van der Waals surface area contributed by atoms with Crippen LogP contribution in [0.25, 0.3) is 0 Å². The molecule has 2 aromatic rings. The minimum atomic E-state index is -0.0934. The molecule has 2 rings (SSSR count). The van der Waals surface area contributed by atoms with Crippen molar-refractivity contribution in [1.82, 2.24) is 0 Å². The maximum absolute atomic E-state index is 10.7. The number of hydrogen-bond acceptors (Lipinski definition) is 2. The fourth-order valence-corrected chi connectivity index (χ4v) is 1.52. The Balaban J connectivity index is -0.000000166. The van der Waals surface area contributed by atoms with E-state index in [-0.39, 0.29) is 5.91 Å². The molecule has 0 aromatic heterocycles. The standard InChI is InChI=1S/C10H9NO.C8H7N.2C2H6.I3.I2/c1-3-9-5-4-6-10(7-9)11-8(2)12;1-2-7-4-3-5-8(9)6-7;2*1-2;1-3-2;1-2/h1,4-7H,2H3,(H,11,12);1,3-6H,9H2;2*1-2H3;;/q;;;;-1;. The van der Waals surface area contributed by atoms with Gasteiger partial charge in [0.05, 0.1) is 0 Å². The molecule has 0 aliphatic rings. The third kappa shape index (κ3) is 26.5. The summed E-state index contributed by atoms with van der Waals surface area (Å²) < 4.78 is 0. The van der Waals surface area contributed by atoms with E-state index in [9.17, 15) is 4.79 Å². The van der Waals surface area contributed by atoms with Gasteiger partial charge >= 0.3 is 50.5 Å². The zero-order chi connectivity index (χ0) is 24.4. The molecule has 0 radical (unpaired) electrons. The Morgan fingerprint density at radius 3 is 1.67 bits per heavy atom. The van der Waals surface area contributed by atoms with Gasteiger partial charge in [0.15, 0.2) is 0 Å². The van der Waals surface area contributed by atoms with Crippen molar-refractivity contribution in [2.75, 3.05) is 11.1 Å². The van der Waals surface area contributed by atoms with Crippen LogP contribution in [0.2, 0.25) is 0 Å². The summed E-state index contributed by atoms with van der Waals surface area (Å²) in [6.45, 7) is 9.46. The van der Waals surface area contributed by atoms with E-state index >= 15 is 0 Å². The SMILES string of the molecule is C#Cc1cccc(N)c1.C#Cc1cccc(NC(C)=O)c1.CC.CC.II.I[I-]I. The molecule has 8 heteroatoms. The van der Waals surface area contributed by atoms with Gasteiger partial charge in [-0.05, 0) is 36.4 Å². The Morgan fingerprint density at radius 2 is 1.33 bits per heavy atom. The fraction of sp³-hybridized carbons (Fsp3) is 0.227. The third-order valence-corrected chi connectivity index (χ3v) is 2.40. The second-order valence-corrected chi connectivity index (χ2v) is 20.5. The summed E-state index contributed by atoms with van der Waals surface area (Å²) in [7, 11) is 0. The number of halogens is 5. The number of anilines is 2. The van der Waals surface area contributed by atoms with Crippen LogP contribution in [0.1, 0.15) is 45.7 Å². The summed E-state index contributed by atoms with van der Waals surface area (Å²) in [5.41, 5.74) is 8.48. The van der Waals surface area contributed by atoms with Crippen LogP contribution in [0.5, 0.6) is 0 Å². The predicted molar refractivity (Wildman–Crippen MR) is 166 cm³/mol. The number of hydrogen-bond donors (Lipinski definition) is 2. The molecule has 0 saturated carbocycles. The number of benzene rings is 2. The molecule has 0 fully saturated rings. The van der Waals surface area contributed by atoms with Crippen molar-refractivity contribution in [3.8, 4) is 24.7 Å². The summed E-state index contributed by atoms with van der Waals surface area (Å²) in [6.07, 6.45) is 10.3. The topological polar surface area (TPSA) is 55.1 Å². The van der Waals surface area contributed by atoms with Crippen molar-refractivity contribution in [1.29, 1.82) is 0 Å². The van der Waals surface area contributed by atoms with Crippen LogP contribution in [-0.2, 0) is 4.79 Å². The Bertz CT molecular complexity index is 741. The van der Waals surface area contributed by atoms with E-state index in [1.165, 1.54) is 6.92 Å². The normalized spacial score (nSPS) is 7.30. The first-order valence-electron chi connectivity index (χ1n) is 8.64. The molecule has 0 aliphatic heterocycles. The maximum atomic E-state index is 10.7. The number of terminal acetylenes is 2. The predicted octanol–water partition coefficient (Wildman–Crippen LogP) is 5.48. The first kappa shape index (κ1) is 37.8. The molecule has 0 spiro atoms. The average molecular weight is 971 g/mol. The molecule has 3 nitrogen and oxygen atoms in total. The van der Waals surface area contributed by atoms with Gasteiger partial charge in [0.25, 0.3) is 0 Å². The molecule has 0 heterocycles. The molecular formula is C22H28I5N2O-. The third-order valence-electron chi connectivity index (χ3n) is 2.40. The average Bonchev–Trinajstić information content (AvgIpc) is 2.78. The molecular weight excluding hydrogens is 943 g/mol. The van der Waals surface area contributed by atoms with Crippen LogP contribution in [0, 0.1) is 24.7 Å². The number of amides is 1. The van der Waals surface area contributed by atoms with E-state index in [4.69, 9.17) is 18.6 Å². The van der Waals surface area contributed by atoms with Crippen LogP contribution in [0.3, 0.4) is 0 Å².